The second-order valence-electron chi connectivity index (χ2n) is 5.67. The first-order valence-electron chi connectivity index (χ1n) is 7.66. The Hall–Kier alpha value is -1.70. The van der Waals surface area contributed by atoms with Gasteiger partial charge in [-0.25, -0.2) is 13.4 Å². The fourth-order valence-electron chi connectivity index (χ4n) is 2.70. The third-order valence-corrected chi connectivity index (χ3v) is 6.27. The quantitative estimate of drug-likeness (QED) is 0.830. The number of aryl methyl sites for hydroxylation is 1. The minimum Gasteiger partial charge on any atom is -0.473 e. The zero-order valence-corrected chi connectivity index (χ0v) is 14.8. The molecule has 8 heteroatoms. The van der Waals surface area contributed by atoms with Gasteiger partial charge in [0.05, 0.1) is 11.1 Å². The maximum Gasteiger partial charge on any atom is 0.243 e. The Morgan fingerprint density at radius 2 is 2.00 bits per heavy atom. The van der Waals surface area contributed by atoms with Crippen LogP contribution in [-0.2, 0) is 10.0 Å². The molecule has 1 aliphatic heterocycles. The van der Waals surface area contributed by atoms with E-state index >= 15 is 0 Å². The van der Waals surface area contributed by atoms with Crippen molar-refractivity contribution in [1.82, 2.24) is 14.3 Å². The largest absolute Gasteiger partial charge is 0.473 e. The molecule has 3 rings (SSSR count). The second kappa shape index (κ2) is 7.04. The van der Waals surface area contributed by atoms with Gasteiger partial charge in [-0.05, 0) is 37.5 Å². The van der Waals surface area contributed by atoms with E-state index in [0.717, 1.165) is 0 Å². The molecule has 0 atom stereocenters. The van der Waals surface area contributed by atoms with E-state index in [2.05, 4.69) is 9.97 Å². The summed E-state index contributed by atoms with van der Waals surface area (Å²) in [6, 6.07) is 4.92. The van der Waals surface area contributed by atoms with Gasteiger partial charge in [0.2, 0.25) is 15.9 Å². The highest BCUT2D eigenvalue weighted by atomic mass is 35.5. The van der Waals surface area contributed by atoms with E-state index in [1.165, 1.54) is 10.4 Å². The van der Waals surface area contributed by atoms with Gasteiger partial charge in [0.25, 0.3) is 0 Å². The molecule has 0 N–H and O–H groups in total. The Bertz CT molecular complexity index is 807. The number of nitrogens with zero attached hydrogens (tertiary/aromatic N) is 3. The zero-order valence-electron chi connectivity index (χ0n) is 13.2. The third kappa shape index (κ3) is 3.68. The average molecular weight is 368 g/mol. The normalized spacial score (nSPS) is 16.9. The van der Waals surface area contributed by atoms with E-state index in [0.29, 0.717) is 42.4 Å². The first kappa shape index (κ1) is 17.1. The minimum atomic E-state index is -3.55. The molecule has 1 aromatic carbocycles. The van der Waals surface area contributed by atoms with E-state index < -0.39 is 10.0 Å². The van der Waals surface area contributed by atoms with Crippen molar-refractivity contribution in [3.63, 3.8) is 0 Å². The molecule has 1 fully saturated rings. The van der Waals surface area contributed by atoms with Crippen LogP contribution in [0, 0.1) is 6.92 Å². The van der Waals surface area contributed by atoms with Crippen molar-refractivity contribution in [3.8, 4) is 5.88 Å². The van der Waals surface area contributed by atoms with Crippen molar-refractivity contribution in [2.24, 2.45) is 0 Å². The van der Waals surface area contributed by atoms with Crippen LogP contribution in [0.3, 0.4) is 0 Å². The summed E-state index contributed by atoms with van der Waals surface area (Å²) >= 11 is 5.96. The van der Waals surface area contributed by atoms with Gasteiger partial charge in [-0.2, -0.15) is 4.31 Å². The Labute approximate surface area is 146 Å². The van der Waals surface area contributed by atoms with Crippen molar-refractivity contribution in [2.75, 3.05) is 13.1 Å². The van der Waals surface area contributed by atoms with Crippen molar-refractivity contribution in [2.45, 2.75) is 30.8 Å². The van der Waals surface area contributed by atoms with Crippen LogP contribution in [0.1, 0.15) is 18.4 Å². The molecule has 0 unspecified atom stereocenters. The lowest BCUT2D eigenvalue weighted by molar-refractivity contribution is 0.129. The highest BCUT2D eigenvalue weighted by molar-refractivity contribution is 7.89. The fourth-order valence-corrected chi connectivity index (χ4v) is 4.66. The smallest absolute Gasteiger partial charge is 0.243 e. The topological polar surface area (TPSA) is 72.4 Å². The van der Waals surface area contributed by atoms with Crippen LogP contribution in [-0.4, -0.2) is 41.9 Å². The summed E-state index contributed by atoms with van der Waals surface area (Å²) in [5.41, 5.74) is 0.692. The van der Waals surface area contributed by atoms with E-state index in [9.17, 15) is 8.42 Å². The monoisotopic (exact) mass is 367 g/mol. The van der Waals surface area contributed by atoms with Gasteiger partial charge in [0.1, 0.15) is 6.10 Å². The highest BCUT2D eigenvalue weighted by Gasteiger charge is 2.31. The number of rotatable bonds is 4. The number of hydrogen-bond acceptors (Lipinski definition) is 5. The molecule has 0 amide bonds. The van der Waals surface area contributed by atoms with Crippen LogP contribution < -0.4 is 4.74 Å². The van der Waals surface area contributed by atoms with Crippen LogP contribution in [0.15, 0.2) is 41.7 Å². The van der Waals surface area contributed by atoms with Crippen molar-refractivity contribution >= 4 is 21.6 Å². The van der Waals surface area contributed by atoms with Crippen LogP contribution in [0.4, 0.5) is 0 Å². The lowest BCUT2D eigenvalue weighted by Crippen LogP contribution is -2.42. The minimum absolute atomic E-state index is 0.0615. The number of halogens is 1. The van der Waals surface area contributed by atoms with Crippen molar-refractivity contribution in [1.29, 1.82) is 0 Å². The van der Waals surface area contributed by atoms with E-state index in [1.807, 2.05) is 0 Å². The summed E-state index contributed by atoms with van der Waals surface area (Å²) in [6.45, 7) is 2.57. The number of sulfonamides is 1. The summed E-state index contributed by atoms with van der Waals surface area (Å²) in [5.74, 6) is 0.462. The lowest BCUT2D eigenvalue weighted by Gasteiger charge is -2.31. The predicted octanol–water partition coefficient (Wildman–Crippen LogP) is 2.67. The van der Waals surface area contributed by atoms with E-state index in [1.54, 1.807) is 37.6 Å². The molecule has 1 saturated heterocycles. The Balaban J connectivity index is 1.68. The average Bonchev–Trinajstić information content (AvgIpc) is 2.58. The Morgan fingerprint density at radius 1 is 1.25 bits per heavy atom. The highest BCUT2D eigenvalue weighted by Crippen LogP contribution is 2.26. The molecule has 0 saturated carbocycles. The van der Waals surface area contributed by atoms with Crippen LogP contribution >= 0.6 is 11.6 Å². The van der Waals surface area contributed by atoms with Crippen LogP contribution in [0.2, 0.25) is 5.02 Å². The lowest BCUT2D eigenvalue weighted by atomic mass is 10.1. The number of benzene rings is 1. The van der Waals surface area contributed by atoms with Crippen LogP contribution in [0.25, 0.3) is 0 Å². The third-order valence-electron chi connectivity index (χ3n) is 4.00. The number of hydrogen-bond donors (Lipinski definition) is 0. The fraction of sp³-hybridized carbons (Fsp3) is 0.375. The molecule has 6 nitrogen and oxygen atoms in total. The van der Waals surface area contributed by atoms with Gasteiger partial charge in [0.15, 0.2) is 0 Å². The molecule has 0 spiro atoms. The summed E-state index contributed by atoms with van der Waals surface area (Å²) in [4.78, 5) is 8.30. The molecule has 1 aliphatic rings. The van der Waals surface area contributed by atoms with Crippen molar-refractivity contribution in [3.05, 3.63) is 47.4 Å². The standard InChI is InChI=1S/C16H18ClN3O3S/c1-12-2-3-13(17)10-15(12)24(21,22)20-8-4-14(5-9-20)23-16-11-18-6-7-19-16/h2-3,6-7,10-11,14H,4-5,8-9H2,1H3. The summed E-state index contributed by atoms with van der Waals surface area (Å²) < 4.78 is 32.9. The van der Waals surface area contributed by atoms with Gasteiger partial charge in [0, 0.05) is 30.5 Å². The molecule has 0 aliphatic carbocycles. The molecule has 24 heavy (non-hydrogen) atoms. The summed E-state index contributed by atoms with van der Waals surface area (Å²) in [7, 11) is -3.55. The van der Waals surface area contributed by atoms with Gasteiger partial charge in [-0.1, -0.05) is 17.7 Å². The molecular formula is C16H18ClN3O3S. The Morgan fingerprint density at radius 3 is 2.67 bits per heavy atom. The zero-order chi connectivity index (χ0) is 17.2. The van der Waals surface area contributed by atoms with E-state index in [-0.39, 0.29) is 11.0 Å². The molecule has 2 aromatic rings. The molecular weight excluding hydrogens is 350 g/mol. The van der Waals surface area contributed by atoms with Gasteiger partial charge < -0.3 is 4.74 Å². The van der Waals surface area contributed by atoms with E-state index in [4.69, 9.17) is 16.3 Å². The maximum absolute atomic E-state index is 12.8. The molecule has 2 heterocycles. The maximum atomic E-state index is 12.8. The number of piperidine rings is 1. The van der Waals surface area contributed by atoms with Gasteiger partial charge >= 0.3 is 0 Å². The molecule has 0 bridgehead atoms. The first-order valence-corrected chi connectivity index (χ1v) is 9.47. The number of aromatic nitrogens is 2. The van der Waals surface area contributed by atoms with Gasteiger partial charge in [-0.3, -0.25) is 4.98 Å². The second-order valence-corrected chi connectivity index (χ2v) is 8.02. The molecule has 128 valence electrons. The Kier molecular flexibility index (Phi) is 5.03. The predicted molar refractivity (Wildman–Crippen MR) is 90.6 cm³/mol. The van der Waals surface area contributed by atoms with Gasteiger partial charge in [-0.15, -0.1) is 0 Å². The summed E-state index contributed by atoms with van der Waals surface area (Å²) in [5, 5.41) is 0.417. The van der Waals surface area contributed by atoms with Crippen LogP contribution in [0.5, 0.6) is 5.88 Å². The summed E-state index contributed by atoms with van der Waals surface area (Å²) in [6.07, 6.45) is 5.85. The molecule has 1 aromatic heterocycles. The van der Waals surface area contributed by atoms with Crippen molar-refractivity contribution < 1.29 is 13.2 Å². The number of ether oxygens (including phenoxy) is 1. The SMILES string of the molecule is Cc1ccc(Cl)cc1S(=O)(=O)N1CCC(Oc2cnccn2)CC1. The first-order chi connectivity index (χ1) is 11.5. The molecule has 0 radical (unpaired) electrons.